The van der Waals surface area contributed by atoms with Gasteiger partial charge in [-0.2, -0.15) is 4.31 Å². The lowest BCUT2D eigenvalue weighted by atomic mass is 9.98. The Morgan fingerprint density at radius 1 is 1.04 bits per heavy atom. The van der Waals surface area contributed by atoms with E-state index in [1.165, 1.54) is 0 Å². The first-order valence-electron chi connectivity index (χ1n) is 8.73. The molecule has 0 aromatic heterocycles. The largest absolute Gasteiger partial charge is 0.370 e. The lowest BCUT2D eigenvalue weighted by Gasteiger charge is -2.30. The Morgan fingerprint density at radius 2 is 1.59 bits per heavy atom. The standard InChI is InChI=1S/C19H24N4O2S.HI/c20-19(22-17-7-3-1-4-8-17)21-15-16-11-13-23(14-12-16)26(24,25)18-9-5-2-6-10-18;/h1-10,16H,11-15H2,(H3,20,21,22);1H. The monoisotopic (exact) mass is 500 g/mol. The number of hydrogen-bond donors (Lipinski definition) is 2. The quantitative estimate of drug-likeness (QED) is 0.375. The highest BCUT2D eigenvalue weighted by Gasteiger charge is 2.29. The second kappa shape index (κ2) is 10.0. The molecule has 1 fully saturated rings. The fraction of sp³-hybridized carbons (Fsp3) is 0.316. The molecule has 1 heterocycles. The molecule has 2 aromatic carbocycles. The van der Waals surface area contributed by atoms with Crippen LogP contribution in [0.3, 0.4) is 0 Å². The van der Waals surface area contributed by atoms with Crippen LogP contribution >= 0.6 is 24.0 Å². The molecule has 0 atom stereocenters. The van der Waals surface area contributed by atoms with E-state index < -0.39 is 10.0 Å². The van der Waals surface area contributed by atoms with Crippen LogP contribution in [0.1, 0.15) is 12.8 Å². The number of piperidine rings is 1. The summed E-state index contributed by atoms with van der Waals surface area (Å²) in [7, 11) is -3.40. The molecule has 6 nitrogen and oxygen atoms in total. The van der Waals surface area contributed by atoms with E-state index in [9.17, 15) is 8.42 Å². The topological polar surface area (TPSA) is 87.8 Å². The first-order valence-corrected chi connectivity index (χ1v) is 10.2. The van der Waals surface area contributed by atoms with Gasteiger partial charge >= 0.3 is 0 Å². The number of nitrogens with zero attached hydrogens (tertiary/aromatic N) is 2. The van der Waals surface area contributed by atoms with Crippen molar-refractivity contribution < 1.29 is 8.42 Å². The summed E-state index contributed by atoms with van der Waals surface area (Å²) >= 11 is 0. The van der Waals surface area contributed by atoms with Gasteiger partial charge in [-0.1, -0.05) is 36.4 Å². The third-order valence-electron chi connectivity index (χ3n) is 4.52. The maximum absolute atomic E-state index is 12.6. The van der Waals surface area contributed by atoms with Crippen molar-refractivity contribution in [2.75, 3.05) is 25.0 Å². The SMILES string of the molecule is I.NC(=NCC1CCN(S(=O)(=O)c2ccccc2)CC1)Nc1ccccc1. The molecule has 0 unspecified atom stereocenters. The molecule has 2 aromatic rings. The van der Waals surface area contributed by atoms with Crippen molar-refractivity contribution in [1.82, 2.24) is 4.31 Å². The average molecular weight is 500 g/mol. The normalized spacial score (nSPS) is 16.5. The summed E-state index contributed by atoms with van der Waals surface area (Å²) in [6, 6.07) is 18.2. The summed E-state index contributed by atoms with van der Waals surface area (Å²) in [6.45, 7) is 1.64. The zero-order valence-corrected chi connectivity index (χ0v) is 18.1. The number of sulfonamides is 1. The molecule has 0 amide bonds. The summed E-state index contributed by atoms with van der Waals surface area (Å²) in [6.07, 6.45) is 1.57. The molecule has 1 saturated heterocycles. The van der Waals surface area contributed by atoms with E-state index in [0.717, 1.165) is 18.5 Å². The average Bonchev–Trinajstić information content (AvgIpc) is 2.68. The number of hydrogen-bond acceptors (Lipinski definition) is 3. The highest BCUT2D eigenvalue weighted by molar-refractivity contribution is 14.0. The molecule has 3 N–H and O–H groups in total. The van der Waals surface area contributed by atoms with Gasteiger partial charge in [0, 0.05) is 25.3 Å². The number of nitrogens with one attached hydrogen (secondary N) is 1. The lowest BCUT2D eigenvalue weighted by Crippen LogP contribution is -2.39. The van der Waals surface area contributed by atoms with Gasteiger partial charge in [-0.15, -0.1) is 24.0 Å². The van der Waals surface area contributed by atoms with Crippen molar-refractivity contribution in [3.8, 4) is 0 Å². The molecular formula is C19H25IN4O2S. The van der Waals surface area contributed by atoms with Crippen LogP contribution in [0.4, 0.5) is 5.69 Å². The summed E-state index contributed by atoms with van der Waals surface area (Å²) < 4.78 is 26.8. The van der Waals surface area contributed by atoms with E-state index in [2.05, 4.69) is 10.3 Å². The Hall–Kier alpha value is -1.65. The van der Waals surface area contributed by atoms with Gasteiger partial charge in [-0.3, -0.25) is 4.99 Å². The summed E-state index contributed by atoms with van der Waals surface area (Å²) in [5.41, 5.74) is 6.83. The number of halogens is 1. The van der Waals surface area contributed by atoms with Gasteiger partial charge in [0.05, 0.1) is 4.90 Å². The first-order chi connectivity index (χ1) is 12.6. The Kier molecular flexibility index (Phi) is 8.06. The first kappa shape index (κ1) is 21.6. The highest BCUT2D eigenvalue weighted by Crippen LogP contribution is 2.23. The molecule has 8 heteroatoms. The van der Waals surface area contributed by atoms with Gasteiger partial charge < -0.3 is 11.1 Å². The molecule has 0 saturated carbocycles. The van der Waals surface area contributed by atoms with E-state index in [-0.39, 0.29) is 24.0 Å². The summed E-state index contributed by atoms with van der Waals surface area (Å²) in [5.74, 6) is 0.726. The van der Waals surface area contributed by atoms with Crippen LogP contribution in [0, 0.1) is 5.92 Å². The predicted octanol–water partition coefficient (Wildman–Crippen LogP) is 3.13. The van der Waals surface area contributed by atoms with Crippen molar-refractivity contribution in [3.63, 3.8) is 0 Å². The van der Waals surface area contributed by atoms with Crippen molar-refractivity contribution >= 4 is 45.6 Å². The third-order valence-corrected chi connectivity index (χ3v) is 6.43. The van der Waals surface area contributed by atoms with E-state index >= 15 is 0 Å². The fourth-order valence-corrected chi connectivity index (χ4v) is 4.50. The van der Waals surface area contributed by atoms with Crippen LogP contribution in [0.25, 0.3) is 0 Å². The van der Waals surface area contributed by atoms with Crippen LogP contribution < -0.4 is 11.1 Å². The number of nitrogens with two attached hydrogens (primary N) is 1. The minimum atomic E-state index is -3.40. The number of anilines is 1. The fourth-order valence-electron chi connectivity index (χ4n) is 3.01. The molecule has 146 valence electrons. The van der Waals surface area contributed by atoms with Gasteiger partial charge in [0.25, 0.3) is 0 Å². The molecule has 0 aliphatic carbocycles. The van der Waals surface area contributed by atoms with Crippen LogP contribution in [-0.2, 0) is 10.0 Å². The highest BCUT2D eigenvalue weighted by atomic mass is 127. The Morgan fingerprint density at radius 3 is 2.19 bits per heavy atom. The number of benzene rings is 2. The minimum absolute atomic E-state index is 0. The molecule has 27 heavy (non-hydrogen) atoms. The Balaban J connectivity index is 0.00000261. The molecule has 0 bridgehead atoms. The smallest absolute Gasteiger partial charge is 0.243 e. The number of para-hydroxylation sites is 1. The molecular weight excluding hydrogens is 475 g/mol. The maximum atomic E-state index is 12.6. The van der Waals surface area contributed by atoms with E-state index in [1.54, 1.807) is 28.6 Å². The maximum Gasteiger partial charge on any atom is 0.243 e. The Bertz CT molecular complexity index is 837. The van der Waals surface area contributed by atoms with Gasteiger partial charge in [0.15, 0.2) is 5.96 Å². The van der Waals surface area contributed by atoms with Crippen molar-refractivity contribution in [3.05, 3.63) is 60.7 Å². The second-order valence-electron chi connectivity index (χ2n) is 6.38. The molecule has 3 rings (SSSR count). The third kappa shape index (κ3) is 5.91. The molecule has 0 spiro atoms. The predicted molar refractivity (Wildman–Crippen MR) is 120 cm³/mol. The zero-order chi connectivity index (χ0) is 18.4. The zero-order valence-electron chi connectivity index (χ0n) is 15.0. The van der Waals surface area contributed by atoms with Crippen LogP contribution in [-0.4, -0.2) is 38.3 Å². The van der Waals surface area contributed by atoms with Gasteiger partial charge in [-0.05, 0) is 43.0 Å². The minimum Gasteiger partial charge on any atom is -0.370 e. The molecule has 1 aliphatic rings. The number of guanidine groups is 1. The molecule has 0 radical (unpaired) electrons. The molecule has 1 aliphatic heterocycles. The second-order valence-corrected chi connectivity index (χ2v) is 8.32. The summed E-state index contributed by atoms with van der Waals surface area (Å²) in [4.78, 5) is 4.76. The van der Waals surface area contributed by atoms with Crippen molar-refractivity contribution in [2.45, 2.75) is 17.7 Å². The van der Waals surface area contributed by atoms with Gasteiger partial charge in [-0.25, -0.2) is 8.42 Å². The summed E-state index contributed by atoms with van der Waals surface area (Å²) in [5, 5.41) is 3.06. The Labute approximate surface area is 177 Å². The van der Waals surface area contributed by atoms with Crippen molar-refractivity contribution in [2.24, 2.45) is 16.6 Å². The number of aliphatic imine (C=N–C) groups is 1. The van der Waals surface area contributed by atoms with Crippen molar-refractivity contribution in [1.29, 1.82) is 0 Å². The van der Waals surface area contributed by atoms with E-state index in [0.29, 0.717) is 36.4 Å². The lowest BCUT2D eigenvalue weighted by molar-refractivity contribution is 0.279. The van der Waals surface area contributed by atoms with E-state index in [4.69, 9.17) is 5.73 Å². The van der Waals surface area contributed by atoms with Gasteiger partial charge in [0.2, 0.25) is 10.0 Å². The number of rotatable bonds is 5. The van der Waals surface area contributed by atoms with Crippen LogP contribution in [0.5, 0.6) is 0 Å². The van der Waals surface area contributed by atoms with Gasteiger partial charge in [0.1, 0.15) is 0 Å². The van der Waals surface area contributed by atoms with Crippen LogP contribution in [0.15, 0.2) is 70.6 Å². The van der Waals surface area contributed by atoms with Crippen LogP contribution in [0.2, 0.25) is 0 Å². The van der Waals surface area contributed by atoms with E-state index in [1.807, 2.05) is 36.4 Å².